The molecule has 0 aromatic carbocycles. The van der Waals surface area contributed by atoms with E-state index in [1.165, 1.54) is 83.5 Å². The molecule has 0 saturated heterocycles. The quantitative estimate of drug-likeness (QED) is 0.405. The Balaban J connectivity index is 1.41. The van der Waals surface area contributed by atoms with E-state index < -0.39 is 0 Å². The Kier molecular flexibility index (Phi) is 7.13. The van der Waals surface area contributed by atoms with Gasteiger partial charge in [0.25, 0.3) is 0 Å². The molecule has 0 bridgehead atoms. The van der Waals surface area contributed by atoms with Crippen molar-refractivity contribution in [3.8, 4) is 0 Å². The highest BCUT2D eigenvalue weighted by Gasteiger charge is 2.35. The van der Waals surface area contributed by atoms with Crippen molar-refractivity contribution in [2.75, 3.05) is 0 Å². The molecule has 0 spiro atoms. The molecular weight excluding hydrogens is 395 g/mol. The van der Waals surface area contributed by atoms with Gasteiger partial charge in [-0.25, -0.2) is 0 Å². The summed E-state index contributed by atoms with van der Waals surface area (Å²) < 4.78 is 0.866. The molecule has 1 atom stereocenters. The summed E-state index contributed by atoms with van der Waals surface area (Å²) in [5.74, 6) is 4.26. The van der Waals surface area contributed by atoms with Gasteiger partial charge < -0.3 is 5.11 Å². The van der Waals surface area contributed by atoms with E-state index in [-0.39, 0.29) is 6.10 Å². The molecule has 0 aliphatic heterocycles. The number of hydrogen-bond acceptors (Lipinski definition) is 1. The second kappa shape index (κ2) is 8.87. The number of alkyl halides is 1. The summed E-state index contributed by atoms with van der Waals surface area (Å²) in [4.78, 5) is 0. The third-order valence-corrected chi connectivity index (χ3v) is 8.86. The van der Waals surface area contributed by atoms with Crippen LogP contribution >= 0.6 is 22.6 Å². The van der Waals surface area contributed by atoms with Crippen LogP contribution in [0, 0.1) is 29.6 Å². The van der Waals surface area contributed by atoms with Crippen LogP contribution in [0.25, 0.3) is 0 Å². The molecule has 0 amide bonds. The third-order valence-electron chi connectivity index (χ3n) is 7.62. The molecule has 3 aliphatic rings. The van der Waals surface area contributed by atoms with Gasteiger partial charge in [-0.3, -0.25) is 0 Å². The predicted octanol–water partition coefficient (Wildman–Crippen LogP) is 6.36. The summed E-state index contributed by atoms with van der Waals surface area (Å²) in [6.45, 7) is 2.36. The Morgan fingerprint density at radius 2 is 1.17 bits per heavy atom. The molecule has 1 N–H and O–H groups in total. The first-order valence-electron chi connectivity index (χ1n) is 10.5. The molecule has 0 aromatic rings. The first kappa shape index (κ1) is 18.5. The maximum absolute atomic E-state index is 10.8. The van der Waals surface area contributed by atoms with E-state index in [4.69, 9.17) is 0 Å². The smallest absolute Gasteiger partial charge is 0.0596 e. The molecule has 23 heavy (non-hydrogen) atoms. The fourth-order valence-electron chi connectivity index (χ4n) is 5.83. The lowest BCUT2D eigenvalue weighted by Gasteiger charge is -2.41. The van der Waals surface area contributed by atoms with Crippen molar-refractivity contribution in [2.45, 2.75) is 100 Å². The van der Waals surface area contributed by atoms with Gasteiger partial charge in [0.1, 0.15) is 0 Å². The normalized spacial score (nSPS) is 44.0. The zero-order valence-corrected chi connectivity index (χ0v) is 17.2. The van der Waals surface area contributed by atoms with E-state index in [1.807, 2.05) is 0 Å². The van der Waals surface area contributed by atoms with Gasteiger partial charge >= 0.3 is 0 Å². The van der Waals surface area contributed by atoms with Crippen molar-refractivity contribution in [1.82, 2.24) is 0 Å². The fourth-order valence-corrected chi connectivity index (χ4v) is 6.55. The van der Waals surface area contributed by atoms with Gasteiger partial charge in [-0.15, -0.1) is 0 Å². The number of hydrogen-bond donors (Lipinski definition) is 1. The van der Waals surface area contributed by atoms with Gasteiger partial charge in [0.2, 0.25) is 0 Å². The minimum Gasteiger partial charge on any atom is -0.393 e. The molecule has 3 saturated carbocycles. The number of aliphatic hydroxyl groups excluding tert-OH is 1. The van der Waals surface area contributed by atoms with Gasteiger partial charge in [-0.2, -0.15) is 0 Å². The van der Waals surface area contributed by atoms with Gasteiger partial charge in [-0.05, 0) is 93.8 Å². The van der Waals surface area contributed by atoms with Gasteiger partial charge in [0.05, 0.1) is 6.10 Å². The van der Waals surface area contributed by atoms with E-state index in [9.17, 15) is 5.11 Å². The molecule has 3 aliphatic carbocycles. The molecule has 2 heteroatoms. The average molecular weight is 432 g/mol. The molecule has 0 radical (unpaired) electrons. The van der Waals surface area contributed by atoms with Crippen LogP contribution in [0.5, 0.6) is 0 Å². The Morgan fingerprint density at radius 1 is 0.739 bits per heavy atom. The lowest BCUT2D eigenvalue weighted by Crippen LogP contribution is -2.35. The first-order chi connectivity index (χ1) is 11.2. The lowest BCUT2D eigenvalue weighted by molar-refractivity contribution is 0.00595. The largest absolute Gasteiger partial charge is 0.393 e. The predicted molar refractivity (Wildman–Crippen MR) is 107 cm³/mol. The fraction of sp³-hybridized carbons (Fsp3) is 1.00. The van der Waals surface area contributed by atoms with Crippen LogP contribution in [0.3, 0.4) is 0 Å². The van der Waals surface area contributed by atoms with Crippen LogP contribution in [-0.4, -0.2) is 15.1 Å². The Bertz CT molecular complexity index is 334. The summed E-state index contributed by atoms with van der Waals surface area (Å²) in [5, 5.41) is 10.8. The van der Waals surface area contributed by atoms with Crippen molar-refractivity contribution < 1.29 is 5.11 Å². The third kappa shape index (κ3) is 4.86. The van der Waals surface area contributed by atoms with E-state index in [1.54, 1.807) is 0 Å². The summed E-state index contributed by atoms with van der Waals surface area (Å²) in [6, 6.07) is 0. The lowest BCUT2D eigenvalue weighted by atomic mass is 9.67. The number of halogens is 1. The van der Waals surface area contributed by atoms with Gasteiger partial charge in [0, 0.05) is 3.92 Å². The van der Waals surface area contributed by atoms with Crippen molar-refractivity contribution >= 4 is 22.6 Å². The van der Waals surface area contributed by atoms with Crippen molar-refractivity contribution in [1.29, 1.82) is 0 Å². The minimum absolute atomic E-state index is 0.00989. The summed E-state index contributed by atoms with van der Waals surface area (Å²) in [6.07, 6.45) is 18.0. The van der Waals surface area contributed by atoms with E-state index >= 15 is 0 Å². The highest BCUT2D eigenvalue weighted by atomic mass is 127. The van der Waals surface area contributed by atoms with Crippen molar-refractivity contribution in [3.05, 3.63) is 0 Å². The van der Waals surface area contributed by atoms with E-state index in [2.05, 4.69) is 29.5 Å². The second-order valence-corrected chi connectivity index (χ2v) is 10.6. The Morgan fingerprint density at radius 3 is 1.65 bits per heavy atom. The number of rotatable bonds is 4. The monoisotopic (exact) mass is 432 g/mol. The van der Waals surface area contributed by atoms with Crippen LogP contribution in [0.15, 0.2) is 0 Å². The molecule has 0 aromatic heterocycles. The second-order valence-electron chi connectivity index (χ2n) is 8.87. The summed E-state index contributed by atoms with van der Waals surface area (Å²) in [5.41, 5.74) is 0. The first-order valence-corrected chi connectivity index (χ1v) is 11.7. The number of aliphatic hydroxyl groups is 1. The summed E-state index contributed by atoms with van der Waals surface area (Å²) >= 11 is 2.59. The van der Waals surface area contributed by atoms with E-state index in [0.29, 0.717) is 11.8 Å². The highest BCUT2D eigenvalue weighted by Crippen LogP contribution is 2.44. The topological polar surface area (TPSA) is 20.2 Å². The average Bonchev–Trinajstić information content (AvgIpc) is 2.62. The minimum atomic E-state index is 0.00989. The zero-order valence-electron chi connectivity index (χ0n) is 15.1. The zero-order chi connectivity index (χ0) is 16.2. The SMILES string of the molecule is CCC1CCC(C2CCC([C@H](O)C3CCC(I)CC3)CC2)CC1. The molecular formula is C21H37IO. The maximum Gasteiger partial charge on any atom is 0.0596 e. The molecule has 134 valence electrons. The van der Waals surface area contributed by atoms with Crippen molar-refractivity contribution in [2.24, 2.45) is 29.6 Å². The molecule has 0 heterocycles. The maximum atomic E-state index is 10.8. The standard InChI is InChI=1S/C21H37IO/c1-2-15-3-5-16(6-4-15)17-7-9-18(10-8-17)21(23)19-11-13-20(22)14-12-19/h15-21,23H,2-14H2,1H3/t15?,16?,17?,18?,19?,20?,21-/m0/s1. The van der Waals surface area contributed by atoms with Crippen LogP contribution in [0.4, 0.5) is 0 Å². The molecule has 3 fully saturated rings. The van der Waals surface area contributed by atoms with Crippen LogP contribution in [0.2, 0.25) is 0 Å². The van der Waals surface area contributed by atoms with Gasteiger partial charge in [0.15, 0.2) is 0 Å². The summed E-state index contributed by atoms with van der Waals surface area (Å²) in [7, 11) is 0. The van der Waals surface area contributed by atoms with Gasteiger partial charge in [-0.1, -0.05) is 48.8 Å². The van der Waals surface area contributed by atoms with E-state index in [0.717, 1.165) is 21.7 Å². The van der Waals surface area contributed by atoms with Crippen LogP contribution in [0.1, 0.15) is 90.4 Å². The molecule has 3 rings (SSSR count). The Hall–Kier alpha value is 0.690. The highest BCUT2D eigenvalue weighted by molar-refractivity contribution is 14.1. The van der Waals surface area contributed by atoms with Crippen LogP contribution < -0.4 is 0 Å². The van der Waals surface area contributed by atoms with Crippen molar-refractivity contribution in [3.63, 3.8) is 0 Å². The molecule has 0 unspecified atom stereocenters. The molecule has 1 nitrogen and oxygen atoms in total. The van der Waals surface area contributed by atoms with Crippen LogP contribution in [-0.2, 0) is 0 Å². The Labute approximate surface area is 157 Å².